The van der Waals surface area contributed by atoms with Crippen LogP contribution >= 0.6 is 0 Å². The van der Waals surface area contributed by atoms with Gasteiger partial charge in [0.1, 0.15) is 0 Å². The predicted octanol–water partition coefficient (Wildman–Crippen LogP) is 3.48. The van der Waals surface area contributed by atoms with Crippen LogP contribution in [0.1, 0.15) is 24.0 Å². The quantitative estimate of drug-likeness (QED) is 0.756. The van der Waals surface area contributed by atoms with E-state index in [1.165, 1.54) is 5.56 Å². The molecule has 1 amide bonds. The monoisotopic (exact) mass is 319 g/mol. The van der Waals surface area contributed by atoms with Crippen LogP contribution < -0.4 is 11.1 Å². The Hall–Kier alpha value is -2.72. The minimum absolute atomic E-state index is 0.0878. The molecule has 1 aromatic heterocycles. The largest absolute Gasteiger partial charge is 0.329 e. The van der Waals surface area contributed by atoms with Gasteiger partial charge >= 0.3 is 0 Å². The number of nitrogens with two attached hydrogens (primary N) is 1. The molecule has 122 valence electrons. The van der Waals surface area contributed by atoms with Crippen LogP contribution in [-0.4, -0.2) is 17.4 Å². The van der Waals surface area contributed by atoms with E-state index in [1.807, 2.05) is 48.5 Å². The van der Waals surface area contributed by atoms with Gasteiger partial charge in [-0.05, 0) is 41.1 Å². The zero-order valence-electron chi connectivity index (χ0n) is 13.7. The molecule has 3 N–H and O–H groups in total. The number of hydrogen-bond donors (Lipinski definition) is 2. The fourth-order valence-electron chi connectivity index (χ4n) is 2.77. The Morgan fingerprint density at radius 1 is 1.12 bits per heavy atom. The minimum Gasteiger partial charge on any atom is -0.329 e. The molecule has 0 radical (unpaired) electrons. The first-order chi connectivity index (χ1) is 11.7. The normalized spacial score (nSPS) is 12.1. The predicted molar refractivity (Wildman–Crippen MR) is 98.0 cm³/mol. The van der Waals surface area contributed by atoms with Crippen molar-refractivity contribution in [3.05, 3.63) is 72.1 Å². The van der Waals surface area contributed by atoms with E-state index in [2.05, 4.69) is 17.2 Å². The number of hydrogen-bond acceptors (Lipinski definition) is 3. The molecule has 0 fully saturated rings. The summed E-state index contributed by atoms with van der Waals surface area (Å²) in [6.07, 6.45) is 4.52. The second-order valence-corrected chi connectivity index (χ2v) is 5.81. The molecule has 1 unspecified atom stereocenters. The maximum atomic E-state index is 12.6. The molecule has 1 atom stereocenters. The van der Waals surface area contributed by atoms with Crippen LogP contribution in [0.25, 0.3) is 10.8 Å². The average Bonchev–Trinajstić information content (AvgIpc) is 2.63. The van der Waals surface area contributed by atoms with E-state index >= 15 is 0 Å². The molecule has 0 aliphatic heterocycles. The summed E-state index contributed by atoms with van der Waals surface area (Å²) in [5.41, 5.74) is 8.81. The molecule has 0 aliphatic rings. The van der Waals surface area contributed by atoms with Gasteiger partial charge in [0, 0.05) is 30.0 Å². The number of anilines is 1. The van der Waals surface area contributed by atoms with E-state index in [4.69, 9.17) is 5.73 Å². The van der Waals surface area contributed by atoms with E-state index in [0.29, 0.717) is 0 Å². The maximum absolute atomic E-state index is 12.6. The fraction of sp³-hybridized carbons (Fsp3) is 0.200. The molecule has 0 spiro atoms. The smallest absolute Gasteiger partial charge is 0.233 e. The van der Waals surface area contributed by atoms with Crippen LogP contribution in [-0.2, 0) is 11.2 Å². The summed E-state index contributed by atoms with van der Waals surface area (Å²) in [6.45, 7) is 2.38. The Kier molecular flexibility index (Phi) is 4.87. The van der Waals surface area contributed by atoms with Crippen LogP contribution in [0.15, 0.2) is 60.9 Å². The number of rotatable bonds is 5. The van der Waals surface area contributed by atoms with Gasteiger partial charge in [0.25, 0.3) is 0 Å². The van der Waals surface area contributed by atoms with Crippen LogP contribution in [0, 0.1) is 0 Å². The zero-order valence-corrected chi connectivity index (χ0v) is 13.7. The fourth-order valence-corrected chi connectivity index (χ4v) is 2.77. The molecule has 0 aliphatic carbocycles. The highest BCUT2D eigenvalue weighted by Gasteiger charge is 2.19. The van der Waals surface area contributed by atoms with Crippen molar-refractivity contribution in [2.24, 2.45) is 5.73 Å². The molecular formula is C20H21N3O. The summed E-state index contributed by atoms with van der Waals surface area (Å²) in [5, 5.41) is 5.06. The lowest BCUT2D eigenvalue weighted by Gasteiger charge is -2.16. The first-order valence-electron chi connectivity index (χ1n) is 8.15. The number of aromatic nitrogens is 1. The van der Waals surface area contributed by atoms with Crippen LogP contribution in [0.5, 0.6) is 0 Å². The molecule has 3 rings (SSSR count). The van der Waals surface area contributed by atoms with Crippen molar-refractivity contribution < 1.29 is 4.79 Å². The van der Waals surface area contributed by atoms with Crippen molar-refractivity contribution in [2.75, 3.05) is 11.9 Å². The van der Waals surface area contributed by atoms with E-state index in [1.54, 1.807) is 12.4 Å². The number of nitrogens with one attached hydrogen (secondary N) is 1. The molecule has 0 saturated heterocycles. The van der Waals surface area contributed by atoms with Gasteiger partial charge in [0.2, 0.25) is 5.91 Å². The van der Waals surface area contributed by atoms with Gasteiger partial charge in [-0.25, -0.2) is 0 Å². The van der Waals surface area contributed by atoms with Crippen LogP contribution in [0.2, 0.25) is 0 Å². The topological polar surface area (TPSA) is 68.0 Å². The highest BCUT2D eigenvalue weighted by Crippen LogP contribution is 2.21. The van der Waals surface area contributed by atoms with Gasteiger partial charge in [0.15, 0.2) is 0 Å². The highest BCUT2D eigenvalue weighted by molar-refractivity contribution is 5.98. The number of nitrogens with zero attached hydrogens (tertiary/aromatic N) is 1. The molecule has 4 nitrogen and oxygen atoms in total. The first-order valence-corrected chi connectivity index (χ1v) is 8.15. The number of fused-ring (bicyclic) bond motifs is 1. The van der Waals surface area contributed by atoms with E-state index in [-0.39, 0.29) is 18.4 Å². The first kappa shape index (κ1) is 16.1. The Balaban J connectivity index is 1.79. The summed E-state index contributed by atoms with van der Waals surface area (Å²) < 4.78 is 0. The van der Waals surface area contributed by atoms with E-state index in [9.17, 15) is 4.79 Å². The standard InChI is InChI=1S/C20H21N3O/c1-2-14-3-5-15(6-4-14)19(12-21)20(24)23-18-8-7-17-13-22-10-9-16(17)11-18/h3-11,13,19H,2,12,21H2,1H3,(H,23,24). The van der Waals surface area contributed by atoms with Crippen molar-refractivity contribution >= 4 is 22.4 Å². The second kappa shape index (κ2) is 7.23. The Morgan fingerprint density at radius 3 is 2.62 bits per heavy atom. The number of carbonyl (C=O) groups is 1. The Labute approximate surface area is 141 Å². The Bertz CT molecular complexity index is 843. The van der Waals surface area contributed by atoms with Crippen LogP contribution in [0.3, 0.4) is 0 Å². The average molecular weight is 319 g/mol. The zero-order chi connectivity index (χ0) is 16.9. The second-order valence-electron chi connectivity index (χ2n) is 5.81. The van der Waals surface area contributed by atoms with Gasteiger partial charge < -0.3 is 11.1 Å². The van der Waals surface area contributed by atoms with E-state index in [0.717, 1.165) is 28.4 Å². The maximum Gasteiger partial charge on any atom is 0.233 e. The summed E-state index contributed by atoms with van der Waals surface area (Å²) in [4.78, 5) is 16.7. The number of aryl methyl sites for hydroxylation is 1. The SMILES string of the molecule is CCc1ccc(C(CN)C(=O)Nc2ccc3cnccc3c2)cc1. The number of benzene rings is 2. The molecule has 2 aromatic carbocycles. The van der Waals surface area contributed by atoms with Crippen molar-refractivity contribution in [1.82, 2.24) is 4.98 Å². The molecule has 1 heterocycles. The van der Waals surface area contributed by atoms with Gasteiger partial charge in [-0.3, -0.25) is 9.78 Å². The number of amides is 1. The highest BCUT2D eigenvalue weighted by atomic mass is 16.1. The Morgan fingerprint density at radius 2 is 1.92 bits per heavy atom. The lowest BCUT2D eigenvalue weighted by molar-refractivity contribution is -0.117. The lowest BCUT2D eigenvalue weighted by Crippen LogP contribution is -2.27. The van der Waals surface area contributed by atoms with Gasteiger partial charge in [-0.2, -0.15) is 0 Å². The lowest BCUT2D eigenvalue weighted by atomic mass is 9.96. The molecular weight excluding hydrogens is 298 g/mol. The molecule has 4 heteroatoms. The summed E-state index contributed by atoms with van der Waals surface area (Å²) in [5.74, 6) is -0.445. The summed E-state index contributed by atoms with van der Waals surface area (Å²) in [7, 11) is 0. The summed E-state index contributed by atoms with van der Waals surface area (Å²) >= 11 is 0. The molecule has 24 heavy (non-hydrogen) atoms. The van der Waals surface area contributed by atoms with Crippen LogP contribution in [0.4, 0.5) is 5.69 Å². The third kappa shape index (κ3) is 3.44. The van der Waals surface area contributed by atoms with Gasteiger partial charge in [-0.15, -0.1) is 0 Å². The minimum atomic E-state index is -0.357. The molecule has 0 saturated carbocycles. The molecule has 0 bridgehead atoms. The number of pyridine rings is 1. The van der Waals surface area contributed by atoms with E-state index < -0.39 is 0 Å². The van der Waals surface area contributed by atoms with Gasteiger partial charge in [0.05, 0.1) is 5.92 Å². The summed E-state index contributed by atoms with van der Waals surface area (Å²) in [6, 6.07) is 15.8. The van der Waals surface area contributed by atoms with Crippen molar-refractivity contribution in [3.8, 4) is 0 Å². The molecule has 3 aromatic rings. The van der Waals surface area contributed by atoms with Gasteiger partial charge in [-0.1, -0.05) is 37.3 Å². The van der Waals surface area contributed by atoms with Crippen molar-refractivity contribution in [1.29, 1.82) is 0 Å². The van der Waals surface area contributed by atoms with Crippen molar-refractivity contribution in [2.45, 2.75) is 19.3 Å². The number of carbonyl (C=O) groups excluding carboxylic acids is 1. The van der Waals surface area contributed by atoms with Crippen molar-refractivity contribution in [3.63, 3.8) is 0 Å². The third-order valence-electron chi connectivity index (χ3n) is 4.25. The third-order valence-corrected chi connectivity index (χ3v) is 4.25.